The summed E-state index contributed by atoms with van der Waals surface area (Å²) in [5.41, 5.74) is 2.37. The van der Waals surface area contributed by atoms with Crippen molar-refractivity contribution in [1.29, 1.82) is 0 Å². The monoisotopic (exact) mass is 294 g/mol. The first-order valence-corrected chi connectivity index (χ1v) is 6.25. The van der Waals surface area contributed by atoms with E-state index >= 15 is 0 Å². The number of benzene rings is 1. The van der Waals surface area contributed by atoms with Gasteiger partial charge in [-0.3, -0.25) is 4.79 Å². The third kappa shape index (κ3) is 4.31. The Morgan fingerprint density at radius 3 is 2.45 bits per heavy atom. The molecule has 20 heavy (non-hydrogen) atoms. The van der Waals surface area contributed by atoms with Crippen molar-refractivity contribution in [2.75, 3.05) is 25.5 Å². The molecule has 0 spiro atoms. The SMILES string of the molecule is CN(C)c1ccc(CCNC(=O)c2ccco2)cc1.Cl. The summed E-state index contributed by atoms with van der Waals surface area (Å²) in [6.07, 6.45) is 2.30. The van der Waals surface area contributed by atoms with E-state index in [-0.39, 0.29) is 18.3 Å². The van der Waals surface area contributed by atoms with Crippen molar-refractivity contribution in [3.63, 3.8) is 0 Å². The minimum absolute atomic E-state index is 0. The molecule has 0 bridgehead atoms. The molecule has 0 aliphatic rings. The Hall–Kier alpha value is -1.94. The smallest absolute Gasteiger partial charge is 0.286 e. The number of hydrogen-bond donors (Lipinski definition) is 1. The van der Waals surface area contributed by atoms with E-state index < -0.39 is 0 Å². The van der Waals surface area contributed by atoms with E-state index in [1.807, 2.05) is 14.1 Å². The number of carbonyl (C=O) groups excluding carboxylic acids is 1. The third-order valence-corrected chi connectivity index (χ3v) is 2.90. The summed E-state index contributed by atoms with van der Waals surface area (Å²) >= 11 is 0. The molecule has 0 atom stereocenters. The summed E-state index contributed by atoms with van der Waals surface area (Å²) in [6.45, 7) is 0.598. The standard InChI is InChI=1S/C15H18N2O2.ClH/c1-17(2)13-7-5-12(6-8-13)9-10-16-15(18)14-4-3-11-19-14;/h3-8,11H,9-10H2,1-2H3,(H,16,18);1H. The average Bonchev–Trinajstić information content (AvgIpc) is 2.93. The van der Waals surface area contributed by atoms with Crippen LogP contribution in [-0.4, -0.2) is 26.5 Å². The first kappa shape index (κ1) is 16.1. The molecule has 0 radical (unpaired) electrons. The van der Waals surface area contributed by atoms with Crippen LogP contribution in [0.15, 0.2) is 47.1 Å². The van der Waals surface area contributed by atoms with Gasteiger partial charge in [0.15, 0.2) is 5.76 Å². The van der Waals surface area contributed by atoms with Gasteiger partial charge in [0.25, 0.3) is 5.91 Å². The van der Waals surface area contributed by atoms with Crippen molar-refractivity contribution >= 4 is 24.0 Å². The molecule has 2 aromatic rings. The number of furan rings is 1. The van der Waals surface area contributed by atoms with Crippen LogP contribution in [0.3, 0.4) is 0 Å². The van der Waals surface area contributed by atoms with Crippen LogP contribution in [0, 0.1) is 0 Å². The molecule has 2 rings (SSSR count). The van der Waals surface area contributed by atoms with Crippen LogP contribution in [0.4, 0.5) is 5.69 Å². The summed E-state index contributed by atoms with van der Waals surface area (Å²) < 4.78 is 5.02. The maximum Gasteiger partial charge on any atom is 0.286 e. The second-order valence-corrected chi connectivity index (χ2v) is 4.54. The second kappa shape index (κ2) is 7.60. The molecule has 0 saturated carbocycles. The number of anilines is 1. The normalized spacial score (nSPS) is 9.70. The molecular weight excluding hydrogens is 276 g/mol. The van der Waals surface area contributed by atoms with Crippen LogP contribution < -0.4 is 10.2 Å². The lowest BCUT2D eigenvalue weighted by Gasteiger charge is -2.12. The highest BCUT2D eigenvalue weighted by molar-refractivity contribution is 5.91. The maximum absolute atomic E-state index is 11.6. The fourth-order valence-electron chi connectivity index (χ4n) is 1.78. The fourth-order valence-corrected chi connectivity index (χ4v) is 1.78. The highest BCUT2D eigenvalue weighted by Crippen LogP contribution is 2.12. The van der Waals surface area contributed by atoms with Gasteiger partial charge in [0.05, 0.1) is 6.26 Å². The molecule has 1 amide bonds. The molecule has 1 heterocycles. The predicted octanol–water partition coefficient (Wildman–Crippen LogP) is 2.74. The number of rotatable bonds is 5. The number of amides is 1. The van der Waals surface area contributed by atoms with Crippen LogP contribution >= 0.6 is 12.4 Å². The van der Waals surface area contributed by atoms with Gasteiger partial charge in [-0.2, -0.15) is 0 Å². The molecule has 0 aliphatic carbocycles. The number of hydrogen-bond acceptors (Lipinski definition) is 3. The van der Waals surface area contributed by atoms with Gasteiger partial charge in [-0.15, -0.1) is 12.4 Å². The van der Waals surface area contributed by atoms with Gasteiger partial charge < -0.3 is 14.6 Å². The van der Waals surface area contributed by atoms with Gasteiger partial charge in [0.1, 0.15) is 0 Å². The molecule has 0 saturated heterocycles. The van der Waals surface area contributed by atoms with Crippen LogP contribution in [0.1, 0.15) is 16.1 Å². The van der Waals surface area contributed by atoms with E-state index in [0.29, 0.717) is 12.3 Å². The Kier molecular flexibility index (Phi) is 6.12. The summed E-state index contributed by atoms with van der Waals surface area (Å²) in [6, 6.07) is 11.7. The van der Waals surface area contributed by atoms with Gasteiger partial charge in [0, 0.05) is 26.3 Å². The van der Waals surface area contributed by atoms with Crippen LogP contribution in [0.25, 0.3) is 0 Å². The van der Waals surface area contributed by atoms with E-state index in [1.54, 1.807) is 12.1 Å². The Morgan fingerprint density at radius 1 is 1.20 bits per heavy atom. The molecule has 5 heteroatoms. The highest BCUT2D eigenvalue weighted by atomic mass is 35.5. The van der Waals surface area contributed by atoms with E-state index in [1.165, 1.54) is 17.5 Å². The second-order valence-electron chi connectivity index (χ2n) is 4.54. The predicted molar refractivity (Wildman–Crippen MR) is 82.8 cm³/mol. The summed E-state index contributed by atoms with van der Waals surface area (Å²) in [5, 5.41) is 2.83. The van der Waals surface area contributed by atoms with Crippen LogP contribution in [-0.2, 0) is 6.42 Å². The van der Waals surface area contributed by atoms with Gasteiger partial charge in [0.2, 0.25) is 0 Å². The first-order valence-electron chi connectivity index (χ1n) is 6.25. The molecule has 1 N–H and O–H groups in total. The molecule has 1 aromatic heterocycles. The van der Waals surface area contributed by atoms with Crippen molar-refractivity contribution in [1.82, 2.24) is 5.32 Å². The summed E-state index contributed by atoms with van der Waals surface area (Å²) in [7, 11) is 4.02. The average molecular weight is 295 g/mol. The van der Waals surface area contributed by atoms with Gasteiger partial charge >= 0.3 is 0 Å². The molecular formula is C15H19ClN2O2. The molecule has 4 nitrogen and oxygen atoms in total. The first-order chi connectivity index (χ1) is 9.16. The lowest BCUT2D eigenvalue weighted by Crippen LogP contribution is -2.25. The third-order valence-electron chi connectivity index (χ3n) is 2.90. The van der Waals surface area contributed by atoms with E-state index in [0.717, 1.165) is 6.42 Å². The zero-order valence-electron chi connectivity index (χ0n) is 11.6. The van der Waals surface area contributed by atoms with Crippen LogP contribution in [0.2, 0.25) is 0 Å². The van der Waals surface area contributed by atoms with Gasteiger partial charge in [-0.1, -0.05) is 12.1 Å². The highest BCUT2D eigenvalue weighted by Gasteiger charge is 2.06. The Morgan fingerprint density at radius 2 is 1.90 bits per heavy atom. The Balaban J connectivity index is 0.00000200. The van der Waals surface area contributed by atoms with E-state index in [4.69, 9.17) is 4.42 Å². The topological polar surface area (TPSA) is 45.5 Å². The number of nitrogens with one attached hydrogen (secondary N) is 1. The summed E-state index contributed by atoms with van der Waals surface area (Å²) in [4.78, 5) is 13.7. The Bertz CT molecular complexity index is 521. The molecule has 108 valence electrons. The minimum Gasteiger partial charge on any atom is -0.459 e. The van der Waals surface area contributed by atoms with Crippen molar-refractivity contribution in [3.8, 4) is 0 Å². The van der Waals surface area contributed by atoms with Crippen molar-refractivity contribution in [2.45, 2.75) is 6.42 Å². The molecule has 1 aromatic carbocycles. The van der Waals surface area contributed by atoms with Gasteiger partial charge in [-0.05, 0) is 36.2 Å². The van der Waals surface area contributed by atoms with E-state index in [9.17, 15) is 4.79 Å². The van der Waals surface area contributed by atoms with E-state index in [2.05, 4.69) is 34.5 Å². The number of halogens is 1. The largest absolute Gasteiger partial charge is 0.459 e. The summed E-state index contributed by atoms with van der Waals surface area (Å²) in [5.74, 6) is 0.179. The molecule has 0 unspecified atom stereocenters. The van der Waals surface area contributed by atoms with Crippen molar-refractivity contribution < 1.29 is 9.21 Å². The molecule has 0 aliphatic heterocycles. The van der Waals surface area contributed by atoms with Gasteiger partial charge in [-0.25, -0.2) is 0 Å². The zero-order valence-corrected chi connectivity index (χ0v) is 12.4. The van der Waals surface area contributed by atoms with Crippen LogP contribution in [0.5, 0.6) is 0 Å². The fraction of sp³-hybridized carbons (Fsp3) is 0.267. The molecule has 0 fully saturated rings. The maximum atomic E-state index is 11.6. The van der Waals surface area contributed by atoms with Crippen molar-refractivity contribution in [3.05, 3.63) is 54.0 Å². The minimum atomic E-state index is -0.171. The number of nitrogens with zero attached hydrogens (tertiary/aromatic N) is 1. The number of carbonyl (C=O) groups is 1. The lowest BCUT2D eigenvalue weighted by molar-refractivity contribution is 0.0926. The van der Waals surface area contributed by atoms with Crippen molar-refractivity contribution in [2.24, 2.45) is 0 Å². The zero-order chi connectivity index (χ0) is 13.7. The Labute approximate surface area is 125 Å². The quantitative estimate of drug-likeness (QED) is 0.922. The lowest BCUT2D eigenvalue weighted by atomic mass is 10.1.